The molecule has 1 aliphatic rings. The van der Waals surface area contributed by atoms with Gasteiger partial charge >= 0.3 is 6.09 Å². The highest BCUT2D eigenvalue weighted by Crippen LogP contribution is 2.18. The third-order valence-corrected chi connectivity index (χ3v) is 3.52. The normalized spacial score (nSPS) is 17.9. The molecule has 1 atom stereocenters. The van der Waals surface area contributed by atoms with Gasteiger partial charge in [-0.25, -0.2) is 4.79 Å². The molecule has 0 radical (unpaired) electrons. The van der Waals surface area contributed by atoms with E-state index >= 15 is 0 Å². The fourth-order valence-corrected chi connectivity index (χ4v) is 2.47. The van der Waals surface area contributed by atoms with Gasteiger partial charge in [0.15, 0.2) is 0 Å². The first-order valence-corrected chi connectivity index (χ1v) is 6.88. The summed E-state index contributed by atoms with van der Waals surface area (Å²) in [6.07, 6.45) is 1.90. The average molecular weight is 276 g/mol. The van der Waals surface area contributed by atoms with Crippen LogP contribution < -0.4 is 5.32 Å². The zero-order valence-corrected chi connectivity index (χ0v) is 11.7. The molecule has 0 spiro atoms. The van der Waals surface area contributed by atoms with Crippen molar-refractivity contribution in [2.75, 3.05) is 20.2 Å². The Morgan fingerprint density at radius 3 is 2.80 bits per heavy atom. The van der Waals surface area contributed by atoms with Crippen LogP contribution in [0, 0.1) is 0 Å². The Morgan fingerprint density at radius 1 is 1.35 bits per heavy atom. The van der Waals surface area contributed by atoms with Crippen LogP contribution in [0.2, 0.25) is 0 Å². The fourth-order valence-electron chi connectivity index (χ4n) is 2.47. The number of nitrogens with zero attached hydrogens (tertiary/aromatic N) is 1. The Labute approximate surface area is 118 Å². The number of nitrogens with one attached hydrogen (secondary N) is 1. The SMILES string of the molecule is COC(=O)N1CCCC1C(=O)NCCc1ccccc1. The lowest BCUT2D eigenvalue weighted by molar-refractivity contribution is -0.125. The second-order valence-corrected chi connectivity index (χ2v) is 4.85. The largest absolute Gasteiger partial charge is 0.453 e. The average Bonchev–Trinajstić information content (AvgIpc) is 2.97. The minimum Gasteiger partial charge on any atom is -0.453 e. The van der Waals surface area contributed by atoms with Gasteiger partial charge < -0.3 is 10.1 Å². The minimum absolute atomic E-state index is 0.0937. The van der Waals surface area contributed by atoms with Crippen LogP contribution in [0.4, 0.5) is 4.79 Å². The number of carbonyl (C=O) groups excluding carboxylic acids is 2. The molecule has 1 aromatic rings. The summed E-state index contributed by atoms with van der Waals surface area (Å²) in [5.74, 6) is -0.0937. The molecule has 2 amide bonds. The van der Waals surface area contributed by atoms with Crippen LogP contribution in [0.5, 0.6) is 0 Å². The van der Waals surface area contributed by atoms with Crippen LogP contribution in [-0.4, -0.2) is 43.1 Å². The molecular weight excluding hydrogens is 256 g/mol. The Balaban J connectivity index is 1.81. The van der Waals surface area contributed by atoms with E-state index in [1.807, 2.05) is 30.3 Å². The van der Waals surface area contributed by atoms with Crippen LogP contribution >= 0.6 is 0 Å². The zero-order chi connectivity index (χ0) is 14.4. The van der Waals surface area contributed by atoms with Crippen molar-refractivity contribution in [1.82, 2.24) is 10.2 Å². The Kier molecular flexibility index (Phi) is 4.98. The predicted molar refractivity (Wildman–Crippen MR) is 75.3 cm³/mol. The first kappa shape index (κ1) is 14.4. The van der Waals surface area contributed by atoms with E-state index in [2.05, 4.69) is 5.32 Å². The molecule has 0 aromatic heterocycles. The number of hydrogen-bond donors (Lipinski definition) is 1. The van der Waals surface area contributed by atoms with Crippen molar-refractivity contribution in [3.8, 4) is 0 Å². The van der Waals surface area contributed by atoms with E-state index in [1.54, 1.807) is 0 Å². The number of benzene rings is 1. The van der Waals surface area contributed by atoms with E-state index < -0.39 is 12.1 Å². The van der Waals surface area contributed by atoms with Crippen LogP contribution in [0.25, 0.3) is 0 Å². The molecule has 5 heteroatoms. The minimum atomic E-state index is -0.425. The smallest absolute Gasteiger partial charge is 0.410 e. The van der Waals surface area contributed by atoms with E-state index in [0.717, 1.165) is 12.8 Å². The number of carbonyl (C=O) groups is 2. The Bertz CT molecular complexity index is 461. The molecule has 1 aromatic carbocycles. The first-order valence-electron chi connectivity index (χ1n) is 6.88. The van der Waals surface area contributed by atoms with Crippen molar-refractivity contribution in [3.05, 3.63) is 35.9 Å². The summed E-state index contributed by atoms with van der Waals surface area (Å²) in [6, 6.07) is 9.60. The summed E-state index contributed by atoms with van der Waals surface area (Å²) in [5.41, 5.74) is 1.18. The number of rotatable bonds is 4. The van der Waals surface area contributed by atoms with Gasteiger partial charge in [-0.1, -0.05) is 30.3 Å². The van der Waals surface area contributed by atoms with Gasteiger partial charge in [-0.05, 0) is 24.8 Å². The molecule has 1 fully saturated rings. The van der Waals surface area contributed by atoms with Gasteiger partial charge in [0, 0.05) is 13.1 Å². The van der Waals surface area contributed by atoms with Crippen molar-refractivity contribution < 1.29 is 14.3 Å². The molecule has 2 rings (SSSR count). The third kappa shape index (κ3) is 3.50. The Morgan fingerprint density at radius 2 is 2.10 bits per heavy atom. The number of hydrogen-bond acceptors (Lipinski definition) is 3. The maximum absolute atomic E-state index is 12.1. The number of ether oxygens (including phenoxy) is 1. The lowest BCUT2D eigenvalue weighted by Gasteiger charge is -2.22. The molecule has 0 saturated carbocycles. The maximum atomic E-state index is 12.1. The molecular formula is C15H20N2O3. The highest BCUT2D eigenvalue weighted by atomic mass is 16.5. The topological polar surface area (TPSA) is 58.6 Å². The maximum Gasteiger partial charge on any atom is 0.410 e. The van der Waals surface area contributed by atoms with Gasteiger partial charge in [0.1, 0.15) is 6.04 Å². The van der Waals surface area contributed by atoms with Crippen molar-refractivity contribution >= 4 is 12.0 Å². The van der Waals surface area contributed by atoms with Crippen molar-refractivity contribution in [3.63, 3.8) is 0 Å². The molecule has 0 bridgehead atoms. The second-order valence-electron chi connectivity index (χ2n) is 4.85. The van der Waals surface area contributed by atoms with Crippen LogP contribution in [0.15, 0.2) is 30.3 Å². The third-order valence-electron chi connectivity index (χ3n) is 3.52. The van der Waals surface area contributed by atoms with Gasteiger partial charge in [0.25, 0.3) is 0 Å². The molecule has 0 aliphatic carbocycles. The van der Waals surface area contributed by atoms with Gasteiger partial charge in [0.05, 0.1) is 7.11 Å². The van der Waals surface area contributed by atoms with Gasteiger partial charge in [-0.15, -0.1) is 0 Å². The van der Waals surface area contributed by atoms with E-state index in [0.29, 0.717) is 19.5 Å². The number of likely N-dealkylation sites (tertiary alicyclic amines) is 1. The predicted octanol–water partition coefficient (Wildman–Crippen LogP) is 1.58. The van der Waals surface area contributed by atoms with E-state index in [9.17, 15) is 9.59 Å². The van der Waals surface area contributed by atoms with E-state index in [-0.39, 0.29) is 5.91 Å². The van der Waals surface area contributed by atoms with Gasteiger partial charge in [-0.2, -0.15) is 0 Å². The number of methoxy groups -OCH3 is 1. The van der Waals surface area contributed by atoms with Crippen LogP contribution in [-0.2, 0) is 16.0 Å². The molecule has 20 heavy (non-hydrogen) atoms. The van der Waals surface area contributed by atoms with Gasteiger partial charge in [0.2, 0.25) is 5.91 Å². The Hall–Kier alpha value is -2.04. The summed E-state index contributed by atoms with van der Waals surface area (Å²) in [5, 5.41) is 2.89. The molecule has 108 valence electrons. The monoisotopic (exact) mass is 276 g/mol. The van der Waals surface area contributed by atoms with Gasteiger partial charge in [-0.3, -0.25) is 9.69 Å². The van der Waals surface area contributed by atoms with Crippen molar-refractivity contribution in [2.45, 2.75) is 25.3 Å². The highest BCUT2D eigenvalue weighted by Gasteiger charge is 2.34. The molecule has 1 heterocycles. The molecule has 5 nitrogen and oxygen atoms in total. The summed E-state index contributed by atoms with van der Waals surface area (Å²) in [4.78, 5) is 25.2. The van der Waals surface area contributed by atoms with Crippen molar-refractivity contribution in [2.24, 2.45) is 0 Å². The standard InChI is InChI=1S/C15H20N2O3/c1-20-15(19)17-11-5-8-13(17)14(18)16-10-9-12-6-3-2-4-7-12/h2-4,6-7,13H,5,8-11H2,1H3,(H,16,18). The fraction of sp³-hybridized carbons (Fsp3) is 0.467. The molecule has 1 aliphatic heterocycles. The first-order chi connectivity index (χ1) is 9.72. The lowest BCUT2D eigenvalue weighted by atomic mass is 10.1. The van der Waals surface area contributed by atoms with E-state index in [4.69, 9.17) is 4.74 Å². The lowest BCUT2D eigenvalue weighted by Crippen LogP contribution is -2.46. The highest BCUT2D eigenvalue weighted by molar-refractivity contribution is 5.86. The molecule has 1 saturated heterocycles. The van der Waals surface area contributed by atoms with Crippen LogP contribution in [0.3, 0.4) is 0 Å². The second kappa shape index (κ2) is 6.93. The van der Waals surface area contributed by atoms with Crippen molar-refractivity contribution in [1.29, 1.82) is 0 Å². The summed E-state index contributed by atoms with van der Waals surface area (Å²) < 4.78 is 4.70. The quantitative estimate of drug-likeness (QED) is 0.908. The summed E-state index contributed by atoms with van der Waals surface area (Å²) in [6.45, 7) is 1.16. The molecule has 1 N–H and O–H groups in total. The number of amides is 2. The zero-order valence-electron chi connectivity index (χ0n) is 11.7. The summed E-state index contributed by atoms with van der Waals surface area (Å²) >= 11 is 0. The van der Waals surface area contributed by atoms with E-state index in [1.165, 1.54) is 17.6 Å². The van der Waals surface area contributed by atoms with Crippen LogP contribution in [0.1, 0.15) is 18.4 Å². The molecule has 1 unspecified atom stereocenters. The summed E-state index contributed by atoms with van der Waals surface area (Å²) in [7, 11) is 1.34.